The van der Waals surface area contributed by atoms with Gasteiger partial charge in [0.1, 0.15) is 11.3 Å². The van der Waals surface area contributed by atoms with Gasteiger partial charge in [-0.25, -0.2) is 14.1 Å². The van der Waals surface area contributed by atoms with E-state index in [1.54, 1.807) is 0 Å². The van der Waals surface area contributed by atoms with E-state index in [1.807, 2.05) is 39.0 Å². The van der Waals surface area contributed by atoms with E-state index in [4.69, 9.17) is 9.47 Å². The minimum Gasteiger partial charge on any atom is -0.443 e. The van der Waals surface area contributed by atoms with Gasteiger partial charge in [-0.2, -0.15) is 0 Å². The number of fused-ring (bicyclic) bond motifs is 2. The fourth-order valence-electron chi connectivity index (χ4n) is 4.54. The summed E-state index contributed by atoms with van der Waals surface area (Å²) in [4.78, 5) is 20.8. The Kier molecular flexibility index (Phi) is 5.91. The number of carbonyl (C=O) groups excluding carboxylic acids is 1. The summed E-state index contributed by atoms with van der Waals surface area (Å²) in [5.41, 5.74) is 2.17. The third-order valence-corrected chi connectivity index (χ3v) is 7.14. The van der Waals surface area contributed by atoms with Crippen molar-refractivity contribution in [1.29, 1.82) is 0 Å². The molecular formula is C25H30FN3O3S. The second kappa shape index (κ2) is 8.72. The number of hydrogen-bond acceptors (Lipinski definition) is 6. The van der Waals surface area contributed by atoms with Gasteiger partial charge >= 0.3 is 6.09 Å². The Morgan fingerprint density at radius 3 is 2.33 bits per heavy atom. The largest absolute Gasteiger partial charge is 0.443 e. The molecule has 8 heteroatoms. The molecule has 0 atom stereocenters. The fourth-order valence-corrected chi connectivity index (χ4v) is 5.68. The molecule has 0 radical (unpaired) electrons. The monoisotopic (exact) mass is 471 g/mol. The smallest absolute Gasteiger partial charge is 0.419 e. The summed E-state index contributed by atoms with van der Waals surface area (Å²) in [7, 11) is 0. The summed E-state index contributed by atoms with van der Waals surface area (Å²) in [5, 5.41) is 0. The lowest BCUT2D eigenvalue weighted by molar-refractivity contribution is 0.0596. The van der Waals surface area contributed by atoms with Crippen LogP contribution >= 0.6 is 11.8 Å². The molecule has 0 aromatic heterocycles. The van der Waals surface area contributed by atoms with E-state index in [-0.39, 0.29) is 5.69 Å². The molecule has 176 valence electrons. The number of morpholine rings is 1. The van der Waals surface area contributed by atoms with Crippen molar-refractivity contribution in [3.8, 4) is 0 Å². The molecule has 0 spiro atoms. The Morgan fingerprint density at radius 2 is 1.64 bits per heavy atom. The summed E-state index contributed by atoms with van der Waals surface area (Å²) >= 11 is 1.51. The lowest BCUT2D eigenvalue weighted by Crippen LogP contribution is -2.37. The van der Waals surface area contributed by atoms with Gasteiger partial charge in [0.2, 0.25) is 0 Å². The minimum atomic E-state index is -0.693. The van der Waals surface area contributed by atoms with Crippen LogP contribution in [0.2, 0.25) is 0 Å². The van der Waals surface area contributed by atoms with Crippen molar-refractivity contribution in [3.63, 3.8) is 0 Å². The van der Waals surface area contributed by atoms with Crippen LogP contribution in [0.1, 0.15) is 33.6 Å². The van der Waals surface area contributed by atoms with E-state index in [2.05, 4.69) is 15.9 Å². The molecule has 0 unspecified atom stereocenters. The number of carbonyl (C=O) groups is 1. The van der Waals surface area contributed by atoms with E-state index in [9.17, 15) is 4.79 Å². The number of halogens is 1. The second-order valence-corrected chi connectivity index (χ2v) is 10.7. The summed E-state index contributed by atoms with van der Waals surface area (Å²) in [6.07, 6.45) is 1.80. The molecule has 2 saturated heterocycles. The third-order valence-electron chi connectivity index (χ3n) is 6.06. The zero-order chi connectivity index (χ0) is 23.2. The SMILES string of the molecule is CC(C)(C)OC(=O)N1c2ccc(N3CCCC3)cc2Sc2cc(N3CCOCC3)cc(F)c21. The lowest BCUT2D eigenvalue weighted by Gasteiger charge is -2.35. The van der Waals surface area contributed by atoms with Crippen molar-refractivity contribution in [2.45, 2.75) is 49.0 Å². The Balaban J connectivity index is 1.58. The molecule has 6 nitrogen and oxygen atoms in total. The molecular weight excluding hydrogens is 441 g/mol. The standard InChI is InChI=1S/C25H30FN3O3S/c1-25(2,3)32-24(30)29-20-7-6-17(27-8-4-5-9-27)15-21(20)33-22-16-18(14-19(26)23(22)29)28-10-12-31-13-11-28/h6-7,14-16H,4-5,8-13H2,1-3H3. The van der Waals surface area contributed by atoms with Crippen LogP contribution in [-0.2, 0) is 9.47 Å². The van der Waals surface area contributed by atoms with Crippen LogP contribution in [0.25, 0.3) is 0 Å². The van der Waals surface area contributed by atoms with Crippen LogP contribution in [-0.4, -0.2) is 51.1 Å². The van der Waals surface area contributed by atoms with Gasteiger partial charge in [-0.1, -0.05) is 11.8 Å². The summed E-state index contributed by atoms with van der Waals surface area (Å²) in [6, 6.07) is 9.55. The number of anilines is 4. The number of ether oxygens (including phenoxy) is 2. The molecule has 2 aromatic rings. The van der Waals surface area contributed by atoms with Crippen molar-refractivity contribution in [2.75, 3.05) is 54.1 Å². The predicted octanol–water partition coefficient (Wildman–Crippen LogP) is 5.80. The molecule has 2 aromatic carbocycles. The first-order chi connectivity index (χ1) is 15.8. The average molecular weight is 472 g/mol. The van der Waals surface area contributed by atoms with Gasteiger partial charge < -0.3 is 19.3 Å². The highest BCUT2D eigenvalue weighted by Gasteiger charge is 2.35. The number of hydrogen-bond donors (Lipinski definition) is 0. The van der Waals surface area contributed by atoms with E-state index in [0.717, 1.165) is 29.4 Å². The Hall–Kier alpha value is -2.45. The molecule has 0 bridgehead atoms. The third kappa shape index (κ3) is 4.51. The molecule has 0 aliphatic carbocycles. The molecule has 33 heavy (non-hydrogen) atoms. The first-order valence-corrected chi connectivity index (χ1v) is 12.4. The van der Waals surface area contributed by atoms with E-state index in [0.29, 0.717) is 36.9 Å². The van der Waals surface area contributed by atoms with Gasteiger partial charge in [0.25, 0.3) is 0 Å². The average Bonchev–Trinajstić information content (AvgIpc) is 3.31. The Bertz CT molecular complexity index is 1060. The summed E-state index contributed by atoms with van der Waals surface area (Å²) < 4.78 is 26.8. The van der Waals surface area contributed by atoms with Crippen molar-refractivity contribution < 1.29 is 18.7 Å². The maximum atomic E-state index is 15.6. The van der Waals surface area contributed by atoms with Gasteiger partial charge in [-0.3, -0.25) is 0 Å². The number of nitrogens with zero attached hydrogens (tertiary/aromatic N) is 3. The van der Waals surface area contributed by atoms with E-state index in [1.165, 1.54) is 35.6 Å². The first-order valence-electron chi connectivity index (χ1n) is 11.6. The van der Waals surface area contributed by atoms with Crippen LogP contribution in [0.15, 0.2) is 40.1 Å². The van der Waals surface area contributed by atoms with Gasteiger partial charge in [-0.05, 0) is 63.9 Å². The summed E-state index contributed by atoms with van der Waals surface area (Å²) in [5.74, 6) is -0.429. The van der Waals surface area contributed by atoms with Crippen LogP contribution < -0.4 is 14.7 Å². The van der Waals surface area contributed by atoms with Crippen LogP contribution in [0, 0.1) is 5.82 Å². The zero-order valence-corrected chi connectivity index (χ0v) is 20.2. The van der Waals surface area contributed by atoms with Gasteiger partial charge in [0.05, 0.1) is 18.9 Å². The number of benzene rings is 2. The van der Waals surface area contributed by atoms with Crippen LogP contribution in [0.4, 0.5) is 31.9 Å². The first kappa shape index (κ1) is 22.3. The van der Waals surface area contributed by atoms with Crippen molar-refractivity contribution >= 4 is 40.6 Å². The fraction of sp³-hybridized carbons (Fsp3) is 0.480. The van der Waals surface area contributed by atoms with Gasteiger partial charge in [0.15, 0.2) is 5.82 Å². The minimum absolute atomic E-state index is 0.257. The highest BCUT2D eigenvalue weighted by molar-refractivity contribution is 7.99. The van der Waals surface area contributed by atoms with Gasteiger partial charge in [0, 0.05) is 47.3 Å². The highest BCUT2D eigenvalue weighted by Crippen LogP contribution is 2.52. The number of amides is 1. The van der Waals surface area contributed by atoms with Crippen molar-refractivity contribution in [1.82, 2.24) is 0 Å². The van der Waals surface area contributed by atoms with E-state index < -0.39 is 17.5 Å². The topological polar surface area (TPSA) is 45.2 Å². The quantitative estimate of drug-likeness (QED) is 0.552. The zero-order valence-electron chi connectivity index (χ0n) is 19.4. The van der Waals surface area contributed by atoms with Crippen LogP contribution in [0.3, 0.4) is 0 Å². The summed E-state index contributed by atoms with van der Waals surface area (Å²) in [6.45, 7) is 10.2. The molecule has 3 aliphatic rings. The number of rotatable bonds is 2. The van der Waals surface area contributed by atoms with Gasteiger partial charge in [-0.15, -0.1) is 0 Å². The Morgan fingerprint density at radius 1 is 0.970 bits per heavy atom. The molecule has 2 fully saturated rings. The Labute approximate surface area is 198 Å². The molecule has 0 saturated carbocycles. The predicted molar refractivity (Wildman–Crippen MR) is 130 cm³/mol. The maximum absolute atomic E-state index is 15.6. The van der Waals surface area contributed by atoms with Crippen LogP contribution in [0.5, 0.6) is 0 Å². The molecule has 3 heterocycles. The molecule has 5 rings (SSSR count). The van der Waals surface area contributed by atoms with E-state index >= 15 is 4.39 Å². The van der Waals surface area contributed by atoms with Crippen molar-refractivity contribution in [2.24, 2.45) is 0 Å². The maximum Gasteiger partial charge on any atom is 0.419 e. The van der Waals surface area contributed by atoms with Crippen molar-refractivity contribution in [3.05, 3.63) is 36.1 Å². The normalized spacial score (nSPS) is 18.2. The highest BCUT2D eigenvalue weighted by atomic mass is 32.2. The molecule has 1 amide bonds. The molecule has 3 aliphatic heterocycles. The second-order valence-electron chi connectivity index (χ2n) is 9.64. The molecule has 0 N–H and O–H groups in total. The lowest BCUT2D eigenvalue weighted by atomic mass is 10.1.